The third-order valence-corrected chi connectivity index (χ3v) is 4.93. The average molecular weight is 405 g/mol. The molecule has 2 aromatic carbocycles. The highest BCUT2D eigenvalue weighted by Gasteiger charge is 2.13. The lowest BCUT2D eigenvalue weighted by Crippen LogP contribution is -2.30. The standard InChI is InChI=1S/C20H18ClFN2O2S/c1-12(2)23-19(25)18-11-27-20(24-18)13-5-3-6-14(9-13)26-10-15-16(21)7-4-8-17(15)22/h3-9,11-12H,10H2,1-2H3,(H,23,25). The van der Waals surface area contributed by atoms with Gasteiger partial charge in [0.15, 0.2) is 0 Å². The van der Waals surface area contributed by atoms with Gasteiger partial charge >= 0.3 is 0 Å². The van der Waals surface area contributed by atoms with E-state index in [1.807, 2.05) is 26.0 Å². The van der Waals surface area contributed by atoms with Crippen molar-refractivity contribution < 1.29 is 13.9 Å². The number of thiazole rings is 1. The van der Waals surface area contributed by atoms with E-state index in [1.54, 1.807) is 29.6 Å². The van der Waals surface area contributed by atoms with E-state index >= 15 is 0 Å². The maximum Gasteiger partial charge on any atom is 0.270 e. The minimum Gasteiger partial charge on any atom is -0.489 e. The molecule has 4 nitrogen and oxygen atoms in total. The van der Waals surface area contributed by atoms with Crippen molar-refractivity contribution in [1.29, 1.82) is 0 Å². The van der Waals surface area contributed by atoms with E-state index < -0.39 is 5.82 Å². The van der Waals surface area contributed by atoms with E-state index in [0.29, 0.717) is 27.0 Å². The van der Waals surface area contributed by atoms with Crippen LogP contribution in [0, 0.1) is 5.82 Å². The number of nitrogens with zero attached hydrogens (tertiary/aromatic N) is 1. The smallest absolute Gasteiger partial charge is 0.270 e. The maximum absolute atomic E-state index is 13.9. The van der Waals surface area contributed by atoms with Gasteiger partial charge in [0.25, 0.3) is 5.91 Å². The minimum atomic E-state index is -0.403. The van der Waals surface area contributed by atoms with Gasteiger partial charge in [-0.25, -0.2) is 9.37 Å². The van der Waals surface area contributed by atoms with Crippen molar-refractivity contribution in [3.05, 3.63) is 69.9 Å². The van der Waals surface area contributed by atoms with Gasteiger partial charge in [-0.15, -0.1) is 11.3 Å². The summed E-state index contributed by atoms with van der Waals surface area (Å²) in [4.78, 5) is 16.4. The van der Waals surface area contributed by atoms with Crippen molar-refractivity contribution in [2.24, 2.45) is 0 Å². The van der Waals surface area contributed by atoms with Crippen LogP contribution in [0.3, 0.4) is 0 Å². The van der Waals surface area contributed by atoms with Crippen molar-refractivity contribution in [2.75, 3.05) is 0 Å². The molecule has 3 aromatic rings. The summed E-state index contributed by atoms with van der Waals surface area (Å²) in [6.07, 6.45) is 0. The van der Waals surface area contributed by atoms with Crippen LogP contribution in [0.5, 0.6) is 5.75 Å². The van der Waals surface area contributed by atoms with E-state index in [0.717, 1.165) is 5.56 Å². The maximum atomic E-state index is 13.9. The van der Waals surface area contributed by atoms with Gasteiger partial charge in [-0.05, 0) is 38.1 Å². The third kappa shape index (κ3) is 4.84. The summed E-state index contributed by atoms with van der Waals surface area (Å²) in [5, 5.41) is 5.57. The molecule has 27 heavy (non-hydrogen) atoms. The molecule has 0 atom stereocenters. The highest BCUT2D eigenvalue weighted by atomic mass is 35.5. The van der Waals surface area contributed by atoms with Gasteiger partial charge in [-0.3, -0.25) is 4.79 Å². The summed E-state index contributed by atoms with van der Waals surface area (Å²) in [7, 11) is 0. The van der Waals surface area contributed by atoms with Crippen LogP contribution >= 0.6 is 22.9 Å². The molecule has 0 unspecified atom stereocenters. The van der Waals surface area contributed by atoms with Gasteiger partial charge in [-0.1, -0.05) is 29.8 Å². The molecule has 0 saturated carbocycles. The molecule has 0 bridgehead atoms. The SMILES string of the molecule is CC(C)NC(=O)c1csc(-c2cccc(OCc3c(F)cccc3Cl)c2)n1. The van der Waals surface area contributed by atoms with Crippen molar-refractivity contribution in [3.63, 3.8) is 0 Å². The Labute approximate surface area is 166 Å². The zero-order chi connectivity index (χ0) is 19.4. The fourth-order valence-electron chi connectivity index (χ4n) is 2.39. The Bertz CT molecular complexity index is 938. The highest BCUT2D eigenvalue weighted by Crippen LogP contribution is 2.28. The molecule has 0 aliphatic carbocycles. The molecule has 0 aliphatic rings. The van der Waals surface area contributed by atoms with Crippen molar-refractivity contribution in [1.82, 2.24) is 10.3 Å². The molecule has 0 spiro atoms. The first-order valence-electron chi connectivity index (χ1n) is 8.36. The summed E-state index contributed by atoms with van der Waals surface area (Å²) in [6.45, 7) is 3.82. The van der Waals surface area contributed by atoms with Gasteiger partial charge in [0.1, 0.15) is 28.9 Å². The van der Waals surface area contributed by atoms with Crippen LogP contribution in [0.25, 0.3) is 10.6 Å². The predicted molar refractivity (Wildman–Crippen MR) is 106 cm³/mol. The highest BCUT2D eigenvalue weighted by molar-refractivity contribution is 7.13. The van der Waals surface area contributed by atoms with Gasteiger partial charge < -0.3 is 10.1 Å². The quantitative estimate of drug-likeness (QED) is 0.604. The predicted octanol–water partition coefficient (Wildman–Crippen LogP) is 5.32. The molecule has 1 heterocycles. The number of carbonyl (C=O) groups is 1. The second-order valence-electron chi connectivity index (χ2n) is 6.18. The molecular weight excluding hydrogens is 387 g/mol. The lowest BCUT2D eigenvalue weighted by Gasteiger charge is -2.09. The molecule has 7 heteroatoms. The molecule has 1 aromatic heterocycles. The van der Waals surface area contributed by atoms with E-state index in [4.69, 9.17) is 16.3 Å². The summed E-state index contributed by atoms with van der Waals surface area (Å²) in [5.74, 6) is -0.0383. The van der Waals surface area contributed by atoms with E-state index in [2.05, 4.69) is 10.3 Å². The molecule has 3 rings (SSSR count). The van der Waals surface area contributed by atoms with Crippen LogP contribution in [0.15, 0.2) is 47.8 Å². The topological polar surface area (TPSA) is 51.2 Å². The van der Waals surface area contributed by atoms with Crippen LogP contribution in [-0.2, 0) is 6.61 Å². The Morgan fingerprint density at radius 1 is 1.30 bits per heavy atom. The summed E-state index contributed by atoms with van der Waals surface area (Å²) < 4.78 is 19.6. The third-order valence-electron chi connectivity index (χ3n) is 3.68. The van der Waals surface area contributed by atoms with Crippen LogP contribution in [-0.4, -0.2) is 16.9 Å². The minimum absolute atomic E-state index is 0.0227. The first kappa shape index (κ1) is 19.3. The fourth-order valence-corrected chi connectivity index (χ4v) is 3.41. The molecule has 140 valence electrons. The van der Waals surface area contributed by atoms with Gasteiger partial charge in [0.05, 0.1) is 5.02 Å². The lowest BCUT2D eigenvalue weighted by atomic mass is 10.2. The first-order chi connectivity index (χ1) is 12.9. The first-order valence-corrected chi connectivity index (χ1v) is 9.62. The van der Waals surface area contributed by atoms with E-state index in [9.17, 15) is 9.18 Å². The largest absolute Gasteiger partial charge is 0.489 e. The zero-order valence-corrected chi connectivity index (χ0v) is 16.4. The Morgan fingerprint density at radius 2 is 2.07 bits per heavy atom. The number of benzene rings is 2. The second kappa shape index (κ2) is 8.50. The number of ether oxygens (including phenoxy) is 1. The lowest BCUT2D eigenvalue weighted by molar-refractivity contribution is 0.0939. The average Bonchev–Trinajstić information content (AvgIpc) is 3.11. The molecule has 0 saturated heterocycles. The summed E-state index contributed by atoms with van der Waals surface area (Å²) in [5.41, 5.74) is 1.51. The molecule has 1 N–H and O–H groups in total. The number of nitrogens with one attached hydrogen (secondary N) is 1. The van der Waals surface area contributed by atoms with Gasteiger partial charge in [0.2, 0.25) is 0 Å². The van der Waals surface area contributed by atoms with Crippen LogP contribution in [0.1, 0.15) is 29.9 Å². The summed E-state index contributed by atoms with van der Waals surface area (Å²) in [6, 6.07) is 11.9. The molecule has 0 radical (unpaired) electrons. The molecule has 1 amide bonds. The zero-order valence-electron chi connectivity index (χ0n) is 14.8. The Hall–Kier alpha value is -2.44. The van der Waals surface area contributed by atoms with Gasteiger partial charge in [-0.2, -0.15) is 0 Å². The number of carbonyl (C=O) groups excluding carboxylic acids is 1. The van der Waals surface area contributed by atoms with Crippen molar-refractivity contribution >= 4 is 28.8 Å². The second-order valence-corrected chi connectivity index (χ2v) is 7.45. The molecular formula is C20H18ClFN2O2S. The number of amides is 1. The number of hydrogen-bond donors (Lipinski definition) is 1. The van der Waals surface area contributed by atoms with Crippen LogP contribution in [0.2, 0.25) is 5.02 Å². The Kier molecular flexibility index (Phi) is 6.08. The fraction of sp³-hybridized carbons (Fsp3) is 0.200. The van der Waals surface area contributed by atoms with E-state index in [1.165, 1.54) is 17.4 Å². The monoisotopic (exact) mass is 404 g/mol. The number of rotatable bonds is 6. The van der Waals surface area contributed by atoms with Gasteiger partial charge in [0, 0.05) is 22.5 Å². The van der Waals surface area contributed by atoms with Crippen LogP contribution in [0.4, 0.5) is 4.39 Å². The van der Waals surface area contributed by atoms with Crippen LogP contribution < -0.4 is 10.1 Å². The summed E-state index contributed by atoms with van der Waals surface area (Å²) >= 11 is 7.40. The Balaban J connectivity index is 1.74. The van der Waals surface area contributed by atoms with Crippen molar-refractivity contribution in [3.8, 4) is 16.3 Å². The number of aromatic nitrogens is 1. The molecule has 0 aliphatic heterocycles. The molecule has 0 fully saturated rings. The number of halogens is 2. The normalized spacial score (nSPS) is 10.9. The van der Waals surface area contributed by atoms with E-state index in [-0.39, 0.29) is 18.6 Å². The Morgan fingerprint density at radius 3 is 2.81 bits per heavy atom. The number of hydrogen-bond acceptors (Lipinski definition) is 4. The van der Waals surface area contributed by atoms with Crippen molar-refractivity contribution in [2.45, 2.75) is 26.5 Å².